The quantitative estimate of drug-likeness (QED) is 0.722. The summed E-state index contributed by atoms with van der Waals surface area (Å²) in [6.45, 7) is 3.24. The molecule has 0 aromatic heterocycles. The lowest BCUT2D eigenvalue weighted by atomic mass is 10.0. The summed E-state index contributed by atoms with van der Waals surface area (Å²) in [5, 5.41) is 2.61. The summed E-state index contributed by atoms with van der Waals surface area (Å²) in [5.74, 6) is -1.16. The maximum atomic E-state index is 13.4. The first kappa shape index (κ1) is 23.3. The molecule has 0 fully saturated rings. The Morgan fingerprint density at radius 3 is 2.50 bits per heavy atom. The fourth-order valence-electron chi connectivity index (χ4n) is 3.18. The number of carbonyl (C=O) groups is 1. The van der Waals surface area contributed by atoms with E-state index in [-0.39, 0.29) is 23.5 Å². The predicted octanol–water partition coefficient (Wildman–Crippen LogP) is 3.91. The van der Waals surface area contributed by atoms with E-state index in [2.05, 4.69) is 9.71 Å². The molecule has 1 aliphatic heterocycles. The van der Waals surface area contributed by atoms with Gasteiger partial charge >= 0.3 is 16.4 Å². The van der Waals surface area contributed by atoms with Gasteiger partial charge in [-0.05, 0) is 55.8 Å². The molecule has 0 radical (unpaired) electrons. The zero-order chi connectivity index (χ0) is 23.7. The highest BCUT2D eigenvalue weighted by molar-refractivity contribution is 7.88. The second-order valence-corrected chi connectivity index (χ2v) is 8.40. The summed E-state index contributed by atoms with van der Waals surface area (Å²) in [6, 6.07) is 9.92. The molecule has 1 heterocycles. The molecule has 7 nitrogen and oxygen atoms in total. The van der Waals surface area contributed by atoms with Crippen LogP contribution in [-0.4, -0.2) is 38.0 Å². The van der Waals surface area contributed by atoms with Crippen molar-refractivity contribution < 1.29 is 31.1 Å². The van der Waals surface area contributed by atoms with Gasteiger partial charge in [-0.2, -0.15) is 21.6 Å². The highest BCUT2D eigenvalue weighted by Crippen LogP contribution is 2.37. The molecule has 1 aliphatic rings. The third-order valence-electron chi connectivity index (χ3n) is 4.63. The minimum atomic E-state index is -4.74. The van der Waals surface area contributed by atoms with Gasteiger partial charge in [0.1, 0.15) is 11.4 Å². The Morgan fingerprint density at radius 1 is 1.19 bits per heavy atom. The van der Waals surface area contributed by atoms with E-state index in [9.17, 15) is 26.4 Å². The molecule has 2 aromatic carbocycles. The molecule has 1 N–H and O–H groups in total. The number of aryl methyl sites for hydroxylation is 1. The monoisotopic (exact) mass is 467 g/mol. The van der Waals surface area contributed by atoms with Crippen LogP contribution in [0.25, 0.3) is 0 Å². The fraction of sp³-hybridized carbons (Fsp3) is 0.238. The molecule has 0 saturated carbocycles. The molecule has 3 rings (SSSR count). The number of methoxy groups -OCH3 is 1. The Hall–Kier alpha value is -3.34. The van der Waals surface area contributed by atoms with Crippen molar-refractivity contribution in [3.63, 3.8) is 0 Å². The zero-order valence-electron chi connectivity index (χ0n) is 17.4. The van der Waals surface area contributed by atoms with E-state index < -0.39 is 33.6 Å². The maximum Gasteiger partial charge on any atom is 0.419 e. The molecule has 0 unspecified atom stereocenters. The fourth-order valence-corrected chi connectivity index (χ4v) is 4.40. The summed E-state index contributed by atoms with van der Waals surface area (Å²) in [7, 11) is -3.25. The summed E-state index contributed by atoms with van der Waals surface area (Å²) < 4.78 is 74.8. The number of hydrogen-bond donors (Lipinski definition) is 1. The Morgan fingerprint density at radius 2 is 1.91 bits per heavy atom. The lowest BCUT2D eigenvalue weighted by Gasteiger charge is -2.26. The van der Waals surface area contributed by atoms with Crippen molar-refractivity contribution in [3.8, 4) is 5.75 Å². The van der Waals surface area contributed by atoms with Crippen molar-refractivity contribution in [2.45, 2.75) is 20.0 Å². The van der Waals surface area contributed by atoms with Crippen molar-refractivity contribution in [1.82, 2.24) is 4.31 Å². The first-order valence-electron chi connectivity index (χ1n) is 9.44. The summed E-state index contributed by atoms with van der Waals surface area (Å²) in [4.78, 5) is 12.9. The second-order valence-electron chi connectivity index (χ2n) is 6.89. The number of anilines is 1. The number of carbonyl (C=O) groups excluding carboxylic acids is 1. The Bertz CT molecular complexity index is 1220. The first-order chi connectivity index (χ1) is 15.0. The van der Waals surface area contributed by atoms with Crippen LogP contribution in [-0.2, 0) is 21.2 Å². The number of likely N-dealkylation sites (N-methyl/N-ethyl adjacent to an activating group) is 1. The summed E-state index contributed by atoms with van der Waals surface area (Å²) >= 11 is 0. The van der Waals surface area contributed by atoms with Crippen molar-refractivity contribution in [2.75, 3.05) is 19.0 Å². The van der Waals surface area contributed by atoms with Gasteiger partial charge in [0.15, 0.2) is 0 Å². The average molecular weight is 467 g/mol. The van der Waals surface area contributed by atoms with Crippen molar-refractivity contribution in [3.05, 3.63) is 70.9 Å². The highest BCUT2D eigenvalue weighted by atomic mass is 32.2. The number of alkyl halides is 3. The van der Waals surface area contributed by atoms with Gasteiger partial charge in [-0.3, -0.25) is 4.79 Å². The number of halogens is 3. The van der Waals surface area contributed by atoms with E-state index in [1.165, 1.54) is 13.0 Å². The maximum absolute atomic E-state index is 13.4. The van der Waals surface area contributed by atoms with Gasteiger partial charge in [0.05, 0.1) is 18.4 Å². The predicted molar refractivity (Wildman–Crippen MR) is 114 cm³/mol. The van der Waals surface area contributed by atoms with E-state index in [1.807, 2.05) is 13.0 Å². The summed E-state index contributed by atoms with van der Waals surface area (Å²) in [6.07, 6.45) is -3.59. The van der Waals surface area contributed by atoms with Crippen LogP contribution in [0.15, 0.2) is 58.6 Å². The van der Waals surface area contributed by atoms with E-state index in [0.717, 1.165) is 35.2 Å². The zero-order valence-corrected chi connectivity index (χ0v) is 18.2. The van der Waals surface area contributed by atoms with Crippen LogP contribution in [0.4, 0.5) is 18.9 Å². The van der Waals surface area contributed by atoms with Gasteiger partial charge in [-0.15, -0.1) is 4.40 Å². The largest absolute Gasteiger partial charge is 0.496 e. The van der Waals surface area contributed by atoms with Gasteiger partial charge in [-0.1, -0.05) is 12.1 Å². The van der Waals surface area contributed by atoms with E-state index in [1.54, 1.807) is 18.2 Å². The van der Waals surface area contributed by atoms with E-state index >= 15 is 0 Å². The second kappa shape index (κ2) is 8.65. The van der Waals surface area contributed by atoms with Gasteiger partial charge in [-0.25, -0.2) is 4.31 Å². The van der Waals surface area contributed by atoms with Crippen LogP contribution in [0.2, 0.25) is 0 Å². The van der Waals surface area contributed by atoms with E-state index in [0.29, 0.717) is 5.69 Å². The van der Waals surface area contributed by atoms with Crippen LogP contribution in [0.5, 0.6) is 5.75 Å². The normalized spacial score (nSPS) is 15.6. The van der Waals surface area contributed by atoms with Crippen molar-refractivity contribution in [1.29, 1.82) is 0 Å². The van der Waals surface area contributed by atoms with Crippen LogP contribution in [0.3, 0.4) is 0 Å². The minimum absolute atomic E-state index is 0.0946. The first-order valence-corrected chi connectivity index (χ1v) is 10.8. The number of nitrogens with zero attached hydrogens (tertiary/aromatic N) is 2. The van der Waals surface area contributed by atoms with Gasteiger partial charge in [0.25, 0.3) is 5.91 Å². The summed E-state index contributed by atoms with van der Waals surface area (Å²) in [5.41, 5.74) is -0.452. The molecule has 11 heteroatoms. The van der Waals surface area contributed by atoms with Crippen molar-refractivity contribution >= 4 is 27.5 Å². The number of allylic oxidation sites excluding steroid dienone is 1. The molecule has 170 valence electrons. The van der Waals surface area contributed by atoms with Crippen LogP contribution in [0.1, 0.15) is 23.6 Å². The topological polar surface area (TPSA) is 88.1 Å². The SMILES string of the molecule is CCN1C(C(=O)Nc2cccc(C)c2)=CC(c2ccc(OC)c(C(F)(F)F)c2)=NS1(=O)=O. The molecule has 0 spiro atoms. The van der Waals surface area contributed by atoms with Crippen LogP contribution < -0.4 is 10.1 Å². The molecule has 2 aromatic rings. The van der Waals surface area contributed by atoms with Crippen molar-refractivity contribution in [2.24, 2.45) is 4.40 Å². The minimum Gasteiger partial charge on any atom is -0.496 e. The lowest BCUT2D eigenvalue weighted by Crippen LogP contribution is -2.38. The molecular weight excluding hydrogens is 447 g/mol. The Labute approximate surface area is 183 Å². The molecule has 0 saturated heterocycles. The Kier molecular flexibility index (Phi) is 6.31. The lowest BCUT2D eigenvalue weighted by molar-refractivity contribution is -0.138. The third-order valence-corrected chi connectivity index (χ3v) is 6.07. The van der Waals surface area contributed by atoms with Crippen LogP contribution in [0, 0.1) is 6.92 Å². The number of amides is 1. The van der Waals surface area contributed by atoms with Gasteiger partial charge in [0.2, 0.25) is 0 Å². The molecule has 32 heavy (non-hydrogen) atoms. The van der Waals surface area contributed by atoms with E-state index in [4.69, 9.17) is 4.74 Å². The highest BCUT2D eigenvalue weighted by Gasteiger charge is 2.36. The number of nitrogens with one attached hydrogen (secondary N) is 1. The molecule has 0 bridgehead atoms. The van der Waals surface area contributed by atoms with Crippen LogP contribution >= 0.6 is 0 Å². The molecule has 1 amide bonds. The number of rotatable bonds is 5. The third kappa shape index (κ3) is 4.77. The smallest absolute Gasteiger partial charge is 0.419 e. The molecule has 0 atom stereocenters. The standard InChI is InChI=1S/C21H20F3N3O4S/c1-4-27-18(20(28)25-15-7-5-6-13(2)10-15)12-17(26-32(27,29)30)14-8-9-19(31-3)16(11-14)21(22,23)24/h5-12H,4H2,1-3H3,(H,25,28). The Balaban J connectivity index is 2.08. The average Bonchev–Trinajstić information content (AvgIpc) is 2.71. The number of benzene rings is 2. The molecular formula is C21H20F3N3O4S. The van der Waals surface area contributed by atoms with Gasteiger partial charge in [0, 0.05) is 17.8 Å². The van der Waals surface area contributed by atoms with Gasteiger partial charge < -0.3 is 10.1 Å². The molecule has 0 aliphatic carbocycles. The number of hydrogen-bond acceptors (Lipinski definition) is 4. The number of ether oxygens (including phenoxy) is 1.